The summed E-state index contributed by atoms with van der Waals surface area (Å²) in [5.41, 5.74) is 2.78. The van der Waals surface area contributed by atoms with Crippen LogP contribution >= 0.6 is 15.9 Å². The number of carbonyl (C=O) groups is 1. The number of aromatic nitrogens is 2. The molecule has 0 fully saturated rings. The number of halogens is 1. The van der Waals surface area contributed by atoms with Crippen molar-refractivity contribution in [3.05, 3.63) is 40.3 Å². The summed E-state index contributed by atoms with van der Waals surface area (Å²) in [6, 6.07) is 7.84. The number of rotatable bonds is 3. The van der Waals surface area contributed by atoms with Crippen molar-refractivity contribution in [3.8, 4) is 11.3 Å². The van der Waals surface area contributed by atoms with Gasteiger partial charge in [0.05, 0.1) is 12.8 Å². The molecule has 94 valence electrons. The van der Waals surface area contributed by atoms with Crippen LogP contribution in [0.2, 0.25) is 0 Å². The number of aryl methyl sites for hydroxylation is 1. The van der Waals surface area contributed by atoms with Gasteiger partial charge in [-0.3, -0.25) is 4.79 Å². The van der Waals surface area contributed by atoms with Crippen molar-refractivity contribution in [1.82, 2.24) is 9.97 Å². The third kappa shape index (κ3) is 2.61. The highest BCUT2D eigenvalue weighted by atomic mass is 79.9. The molecule has 1 heterocycles. The van der Waals surface area contributed by atoms with E-state index >= 15 is 0 Å². The summed E-state index contributed by atoms with van der Waals surface area (Å²) in [4.78, 5) is 18.8. The van der Waals surface area contributed by atoms with Gasteiger partial charge in [0.25, 0.3) is 0 Å². The number of aromatic amines is 1. The molecule has 0 unspecified atom stereocenters. The van der Waals surface area contributed by atoms with E-state index in [9.17, 15) is 4.79 Å². The van der Waals surface area contributed by atoms with Crippen molar-refractivity contribution in [1.29, 1.82) is 0 Å². The van der Waals surface area contributed by atoms with E-state index in [1.54, 1.807) is 0 Å². The maximum Gasteiger partial charge on any atom is 0.313 e. The van der Waals surface area contributed by atoms with E-state index in [4.69, 9.17) is 0 Å². The molecular formula is C13H13BrN2O2. The Kier molecular flexibility index (Phi) is 3.81. The minimum absolute atomic E-state index is 0.155. The highest BCUT2D eigenvalue weighted by Gasteiger charge is 2.13. The number of imidazole rings is 1. The first kappa shape index (κ1) is 12.8. The lowest BCUT2D eigenvalue weighted by atomic mass is 10.1. The predicted molar refractivity (Wildman–Crippen MR) is 72.2 cm³/mol. The van der Waals surface area contributed by atoms with E-state index in [1.165, 1.54) is 7.11 Å². The minimum Gasteiger partial charge on any atom is -0.469 e. The number of carbonyl (C=O) groups excluding carboxylic acids is 1. The van der Waals surface area contributed by atoms with Gasteiger partial charge in [0, 0.05) is 15.7 Å². The minimum atomic E-state index is -0.303. The predicted octanol–water partition coefficient (Wildman–Crippen LogP) is 2.86. The van der Waals surface area contributed by atoms with Gasteiger partial charge < -0.3 is 9.72 Å². The molecule has 0 bridgehead atoms. The average Bonchev–Trinajstić information content (AvgIpc) is 2.70. The number of esters is 1. The molecule has 0 atom stereocenters. The van der Waals surface area contributed by atoms with Crippen molar-refractivity contribution in [3.63, 3.8) is 0 Å². The van der Waals surface area contributed by atoms with Gasteiger partial charge in [-0.2, -0.15) is 0 Å². The smallest absolute Gasteiger partial charge is 0.313 e. The highest BCUT2D eigenvalue weighted by Crippen LogP contribution is 2.28. The van der Waals surface area contributed by atoms with Crippen LogP contribution in [0.1, 0.15) is 11.5 Å². The van der Waals surface area contributed by atoms with Gasteiger partial charge in [0.15, 0.2) is 0 Å². The fraction of sp³-hybridized carbons (Fsp3) is 0.231. The van der Waals surface area contributed by atoms with E-state index in [1.807, 2.05) is 31.2 Å². The molecule has 2 aromatic rings. The lowest BCUT2D eigenvalue weighted by Crippen LogP contribution is -2.05. The number of hydrogen-bond donors (Lipinski definition) is 1. The third-order valence-corrected chi connectivity index (χ3v) is 3.29. The molecule has 0 saturated carbocycles. The molecule has 1 aromatic heterocycles. The average molecular weight is 309 g/mol. The van der Waals surface area contributed by atoms with Crippen LogP contribution in [0, 0.1) is 6.92 Å². The largest absolute Gasteiger partial charge is 0.469 e. The molecule has 0 aliphatic heterocycles. The normalized spacial score (nSPS) is 10.4. The molecule has 18 heavy (non-hydrogen) atoms. The summed E-state index contributed by atoms with van der Waals surface area (Å²) < 4.78 is 5.60. The molecule has 0 saturated heterocycles. The molecule has 5 heteroatoms. The van der Waals surface area contributed by atoms with E-state index in [2.05, 4.69) is 30.6 Å². The molecule has 4 nitrogen and oxygen atoms in total. The summed E-state index contributed by atoms with van der Waals surface area (Å²) in [5, 5.41) is 0. The van der Waals surface area contributed by atoms with E-state index in [0.29, 0.717) is 5.82 Å². The van der Waals surface area contributed by atoms with Crippen molar-refractivity contribution in [2.24, 2.45) is 0 Å². The lowest BCUT2D eigenvalue weighted by Gasteiger charge is -2.01. The number of benzene rings is 1. The molecule has 0 radical (unpaired) electrons. The van der Waals surface area contributed by atoms with Gasteiger partial charge in [-0.05, 0) is 13.0 Å². The Hall–Kier alpha value is -1.62. The first-order chi connectivity index (χ1) is 8.61. The van der Waals surface area contributed by atoms with E-state index in [-0.39, 0.29) is 12.4 Å². The summed E-state index contributed by atoms with van der Waals surface area (Å²) in [6.07, 6.45) is 0.155. The molecule has 0 spiro atoms. The van der Waals surface area contributed by atoms with Crippen LogP contribution in [0.5, 0.6) is 0 Å². The zero-order valence-electron chi connectivity index (χ0n) is 10.2. The Bertz CT molecular complexity index is 578. The van der Waals surface area contributed by atoms with Crippen molar-refractivity contribution < 1.29 is 9.53 Å². The van der Waals surface area contributed by atoms with Crippen molar-refractivity contribution >= 4 is 21.9 Å². The molecule has 1 aromatic carbocycles. The highest BCUT2D eigenvalue weighted by molar-refractivity contribution is 9.10. The van der Waals surface area contributed by atoms with Crippen LogP contribution in [-0.2, 0) is 16.0 Å². The van der Waals surface area contributed by atoms with Crippen LogP contribution in [0.15, 0.2) is 28.7 Å². The van der Waals surface area contributed by atoms with Gasteiger partial charge in [-0.15, -0.1) is 0 Å². The number of hydrogen-bond acceptors (Lipinski definition) is 3. The first-order valence-electron chi connectivity index (χ1n) is 5.49. The van der Waals surface area contributed by atoms with Crippen LogP contribution in [0.4, 0.5) is 0 Å². The van der Waals surface area contributed by atoms with E-state index in [0.717, 1.165) is 21.4 Å². The van der Waals surface area contributed by atoms with Gasteiger partial charge in [-0.1, -0.05) is 34.1 Å². The fourth-order valence-electron chi connectivity index (χ4n) is 1.73. The monoisotopic (exact) mass is 308 g/mol. The number of nitrogens with zero attached hydrogens (tertiary/aromatic N) is 1. The molecular weight excluding hydrogens is 296 g/mol. The SMILES string of the molecule is COC(=O)Cc1nc(-c2ccccc2Br)c(C)[nH]1. The second kappa shape index (κ2) is 5.35. The van der Waals surface area contributed by atoms with Crippen molar-refractivity contribution in [2.75, 3.05) is 7.11 Å². The number of methoxy groups -OCH3 is 1. The summed E-state index contributed by atoms with van der Waals surface area (Å²) in [6.45, 7) is 1.93. The van der Waals surface area contributed by atoms with Crippen LogP contribution in [-0.4, -0.2) is 23.0 Å². The van der Waals surface area contributed by atoms with Gasteiger partial charge in [-0.25, -0.2) is 4.98 Å². The first-order valence-corrected chi connectivity index (χ1v) is 6.28. The zero-order valence-corrected chi connectivity index (χ0v) is 11.7. The third-order valence-electron chi connectivity index (χ3n) is 2.60. The summed E-state index contributed by atoms with van der Waals surface area (Å²) in [7, 11) is 1.37. The van der Waals surface area contributed by atoms with Gasteiger partial charge in [0.1, 0.15) is 12.2 Å². The number of H-pyrrole nitrogens is 1. The fourth-order valence-corrected chi connectivity index (χ4v) is 2.20. The zero-order chi connectivity index (χ0) is 13.1. The lowest BCUT2D eigenvalue weighted by molar-refractivity contribution is -0.139. The maximum atomic E-state index is 11.2. The Morgan fingerprint density at radius 1 is 1.44 bits per heavy atom. The van der Waals surface area contributed by atoms with Gasteiger partial charge >= 0.3 is 5.97 Å². The molecule has 0 aliphatic rings. The summed E-state index contributed by atoms with van der Waals surface area (Å²) in [5.74, 6) is 0.313. The Morgan fingerprint density at radius 3 is 2.83 bits per heavy atom. The molecule has 2 rings (SSSR count). The van der Waals surface area contributed by atoms with Crippen LogP contribution in [0.25, 0.3) is 11.3 Å². The van der Waals surface area contributed by atoms with Crippen LogP contribution in [0.3, 0.4) is 0 Å². The maximum absolute atomic E-state index is 11.2. The Morgan fingerprint density at radius 2 is 2.17 bits per heavy atom. The summed E-state index contributed by atoms with van der Waals surface area (Å²) >= 11 is 3.50. The molecule has 0 aliphatic carbocycles. The molecule has 1 N–H and O–H groups in total. The quantitative estimate of drug-likeness (QED) is 0.887. The Balaban J connectivity index is 2.35. The van der Waals surface area contributed by atoms with Crippen molar-refractivity contribution in [2.45, 2.75) is 13.3 Å². The second-order valence-corrected chi connectivity index (χ2v) is 4.74. The van der Waals surface area contributed by atoms with Gasteiger partial charge in [0.2, 0.25) is 0 Å². The Labute approximate surface area is 114 Å². The van der Waals surface area contributed by atoms with Crippen LogP contribution < -0.4 is 0 Å². The van der Waals surface area contributed by atoms with E-state index < -0.39 is 0 Å². The molecule has 0 amide bonds. The second-order valence-electron chi connectivity index (χ2n) is 3.89. The number of nitrogens with one attached hydrogen (secondary N) is 1. The standard InChI is InChI=1S/C13H13BrN2O2/c1-8-13(9-5-3-4-6-10(9)14)16-11(15-8)7-12(17)18-2/h3-6H,7H2,1-2H3,(H,15,16). The number of ether oxygens (including phenoxy) is 1. The topological polar surface area (TPSA) is 55.0 Å².